The van der Waals surface area contributed by atoms with Crippen molar-refractivity contribution in [1.82, 2.24) is 10.5 Å². The number of nitrogens with zero attached hydrogens (tertiary/aromatic N) is 1. The minimum absolute atomic E-state index is 0.0619. The SMILES string of the molecule is Cc1cc(C(=O)NCC(C)(O)C(C)C)no1. The number of aryl methyl sites for hydroxylation is 1. The van der Waals surface area contributed by atoms with Gasteiger partial charge < -0.3 is 14.9 Å². The predicted molar refractivity (Wildman–Crippen MR) is 59.0 cm³/mol. The summed E-state index contributed by atoms with van der Waals surface area (Å²) in [6, 6.07) is 1.55. The van der Waals surface area contributed by atoms with Crippen molar-refractivity contribution in [3.63, 3.8) is 0 Å². The highest BCUT2D eigenvalue weighted by Gasteiger charge is 2.26. The van der Waals surface area contributed by atoms with Gasteiger partial charge in [-0.3, -0.25) is 4.79 Å². The third kappa shape index (κ3) is 3.06. The number of hydrogen-bond acceptors (Lipinski definition) is 4. The Bertz CT molecular complexity index is 369. The van der Waals surface area contributed by atoms with E-state index in [9.17, 15) is 9.90 Å². The molecular formula is C11H18N2O3. The first-order valence-corrected chi connectivity index (χ1v) is 5.27. The Morgan fingerprint density at radius 2 is 2.31 bits per heavy atom. The molecule has 1 amide bonds. The van der Waals surface area contributed by atoms with Gasteiger partial charge in [-0.2, -0.15) is 0 Å². The minimum atomic E-state index is -0.922. The lowest BCUT2D eigenvalue weighted by Crippen LogP contribution is -2.44. The van der Waals surface area contributed by atoms with Crippen molar-refractivity contribution in [2.24, 2.45) is 5.92 Å². The van der Waals surface area contributed by atoms with Crippen molar-refractivity contribution in [1.29, 1.82) is 0 Å². The zero-order chi connectivity index (χ0) is 12.3. The minimum Gasteiger partial charge on any atom is -0.388 e. The first kappa shape index (κ1) is 12.7. The third-order valence-electron chi connectivity index (χ3n) is 2.71. The summed E-state index contributed by atoms with van der Waals surface area (Å²) in [6.45, 7) is 7.38. The Morgan fingerprint density at radius 3 is 2.75 bits per heavy atom. The van der Waals surface area contributed by atoms with E-state index in [2.05, 4.69) is 10.5 Å². The van der Waals surface area contributed by atoms with Gasteiger partial charge >= 0.3 is 0 Å². The number of aliphatic hydroxyl groups is 1. The molecule has 5 heteroatoms. The second-order valence-corrected chi connectivity index (χ2v) is 4.52. The maximum absolute atomic E-state index is 11.6. The van der Waals surface area contributed by atoms with Crippen LogP contribution in [0.3, 0.4) is 0 Å². The summed E-state index contributed by atoms with van der Waals surface area (Å²) in [5, 5.41) is 16.1. The molecule has 1 rings (SSSR count). The van der Waals surface area contributed by atoms with E-state index in [1.807, 2.05) is 13.8 Å². The second kappa shape index (κ2) is 4.65. The Morgan fingerprint density at radius 1 is 1.69 bits per heavy atom. The summed E-state index contributed by atoms with van der Waals surface area (Å²) in [7, 11) is 0. The van der Waals surface area contributed by atoms with Crippen LogP contribution in [-0.2, 0) is 0 Å². The van der Waals surface area contributed by atoms with Gasteiger partial charge in [-0.15, -0.1) is 0 Å². The summed E-state index contributed by atoms with van der Waals surface area (Å²) < 4.78 is 4.79. The maximum Gasteiger partial charge on any atom is 0.273 e. The van der Waals surface area contributed by atoms with Gasteiger partial charge in [0.15, 0.2) is 5.69 Å². The summed E-state index contributed by atoms with van der Waals surface area (Å²) in [5.41, 5.74) is -0.689. The Labute approximate surface area is 94.8 Å². The molecule has 1 atom stereocenters. The molecule has 2 N–H and O–H groups in total. The van der Waals surface area contributed by atoms with Crippen LogP contribution in [0.25, 0.3) is 0 Å². The van der Waals surface area contributed by atoms with E-state index in [0.29, 0.717) is 5.76 Å². The molecule has 1 aromatic heterocycles. The van der Waals surface area contributed by atoms with Crippen LogP contribution in [-0.4, -0.2) is 28.3 Å². The molecular weight excluding hydrogens is 208 g/mol. The fourth-order valence-corrected chi connectivity index (χ4v) is 1.03. The van der Waals surface area contributed by atoms with Crippen LogP contribution in [0.4, 0.5) is 0 Å². The molecule has 0 spiro atoms. The number of hydrogen-bond donors (Lipinski definition) is 2. The van der Waals surface area contributed by atoms with E-state index >= 15 is 0 Å². The van der Waals surface area contributed by atoms with Gasteiger partial charge in [0, 0.05) is 12.6 Å². The van der Waals surface area contributed by atoms with Gasteiger partial charge in [0.2, 0.25) is 0 Å². The van der Waals surface area contributed by atoms with Crippen molar-refractivity contribution in [2.45, 2.75) is 33.3 Å². The average molecular weight is 226 g/mol. The number of aromatic nitrogens is 1. The highest BCUT2D eigenvalue weighted by Crippen LogP contribution is 2.14. The van der Waals surface area contributed by atoms with Gasteiger partial charge in [0.05, 0.1) is 5.60 Å². The fourth-order valence-electron chi connectivity index (χ4n) is 1.03. The molecule has 0 bridgehead atoms. The molecule has 0 aromatic carbocycles. The fraction of sp³-hybridized carbons (Fsp3) is 0.636. The van der Waals surface area contributed by atoms with E-state index in [-0.39, 0.29) is 24.1 Å². The first-order valence-electron chi connectivity index (χ1n) is 5.27. The monoisotopic (exact) mass is 226 g/mol. The lowest BCUT2D eigenvalue weighted by Gasteiger charge is -2.27. The van der Waals surface area contributed by atoms with Crippen LogP contribution in [0, 0.1) is 12.8 Å². The van der Waals surface area contributed by atoms with Crippen molar-refractivity contribution in [3.8, 4) is 0 Å². The normalized spacial score (nSPS) is 14.9. The number of amides is 1. The Kier molecular flexibility index (Phi) is 3.70. The zero-order valence-electron chi connectivity index (χ0n) is 10.1. The van der Waals surface area contributed by atoms with Crippen LogP contribution < -0.4 is 5.32 Å². The molecule has 0 aliphatic carbocycles. The molecule has 1 aromatic rings. The van der Waals surface area contributed by atoms with Crippen LogP contribution in [0.1, 0.15) is 37.0 Å². The van der Waals surface area contributed by atoms with Crippen molar-refractivity contribution in [2.75, 3.05) is 6.54 Å². The lowest BCUT2D eigenvalue weighted by atomic mass is 9.92. The van der Waals surface area contributed by atoms with E-state index < -0.39 is 5.60 Å². The summed E-state index contributed by atoms with van der Waals surface area (Å²) in [5.74, 6) is 0.311. The van der Waals surface area contributed by atoms with Crippen molar-refractivity contribution in [3.05, 3.63) is 17.5 Å². The van der Waals surface area contributed by atoms with Gasteiger partial charge in [-0.1, -0.05) is 19.0 Å². The van der Waals surface area contributed by atoms with Crippen LogP contribution in [0.2, 0.25) is 0 Å². The molecule has 0 aliphatic heterocycles. The van der Waals surface area contributed by atoms with Crippen LogP contribution >= 0.6 is 0 Å². The van der Waals surface area contributed by atoms with Crippen LogP contribution in [0.5, 0.6) is 0 Å². The number of carbonyl (C=O) groups excluding carboxylic acids is 1. The number of carbonyl (C=O) groups is 1. The quantitative estimate of drug-likeness (QED) is 0.806. The summed E-state index contributed by atoms with van der Waals surface area (Å²) in [4.78, 5) is 11.6. The third-order valence-corrected chi connectivity index (χ3v) is 2.71. The summed E-state index contributed by atoms with van der Waals surface area (Å²) >= 11 is 0. The molecule has 16 heavy (non-hydrogen) atoms. The van der Waals surface area contributed by atoms with E-state index in [1.54, 1.807) is 19.9 Å². The largest absolute Gasteiger partial charge is 0.388 e. The summed E-state index contributed by atoms with van der Waals surface area (Å²) in [6.07, 6.45) is 0. The molecule has 90 valence electrons. The molecule has 0 saturated carbocycles. The van der Waals surface area contributed by atoms with Gasteiger partial charge in [0.1, 0.15) is 5.76 Å². The average Bonchev–Trinajstić information content (AvgIpc) is 2.61. The maximum atomic E-state index is 11.6. The molecule has 0 radical (unpaired) electrons. The molecule has 1 heterocycles. The molecule has 5 nitrogen and oxygen atoms in total. The van der Waals surface area contributed by atoms with Crippen molar-refractivity contribution >= 4 is 5.91 Å². The Balaban J connectivity index is 2.54. The number of nitrogens with one attached hydrogen (secondary N) is 1. The highest BCUT2D eigenvalue weighted by molar-refractivity contribution is 5.92. The van der Waals surface area contributed by atoms with E-state index in [1.165, 1.54) is 0 Å². The standard InChI is InChI=1S/C11H18N2O3/c1-7(2)11(4,15)6-12-10(14)9-5-8(3)16-13-9/h5,7,15H,6H2,1-4H3,(H,12,14). The smallest absolute Gasteiger partial charge is 0.273 e. The first-order chi connectivity index (χ1) is 7.33. The van der Waals surface area contributed by atoms with Gasteiger partial charge in [-0.25, -0.2) is 0 Å². The molecule has 0 saturated heterocycles. The Hall–Kier alpha value is -1.36. The van der Waals surface area contributed by atoms with Gasteiger partial charge in [0.25, 0.3) is 5.91 Å². The zero-order valence-corrected chi connectivity index (χ0v) is 10.1. The van der Waals surface area contributed by atoms with E-state index in [0.717, 1.165) is 0 Å². The topological polar surface area (TPSA) is 75.4 Å². The van der Waals surface area contributed by atoms with Crippen molar-refractivity contribution < 1.29 is 14.4 Å². The van der Waals surface area contributed by atoms with Crippen LogP contribution in [0.15, 0.2) is 10.6 Å². The van der Waals surface area contributed by atoms with E-state index in [4.69, 9.17) is 4.52 Å². The predicted octanol–water partition coefficient (Wildman–Crippen LogP) is 1.12. The lowest BCUT2D eigenvalue weighted by molar-refractivity contribution is 0.0141. The molecule has 0 aliphatic rings. The molecule has 1 unspecified atom stereocenters. The highest BCUT2D eigenvalue weighted by atomic mass is 16.5. The van der Waals surface area contributed by atoms with Gasteiger partial charge in [-0.05, 0) is 19.8 Å². The molecule has 0 fully saturated rings. The number of rotatable bonds is 4. The second-order valence-electron chi connectivity index (χ2n) is 4.52.